The van der Waals surface area contributed by atoms with Crippen LogP contribution in [0.25, 0.3) is 0 Å². The molecule has 0 fully saturated rings. The van der Waals surface area contributed by atoms with E-state index in [1.807, 2.05) is 26.6 Å². The van der Waals surface area contributed by atoms with Gasteiger partial charge in [0.1, 0.15) is 0 Å². The Morgan fingerprint density at radius 3 is 2.31 bits per heavy atom. The number of carbonyl (C=O) groups is 1. The lowest BCUT2D eigenvalue weighted by Gasteiger charge is -2.21. The SMILES string of the molecule is CCC(CCN)C(=O)O[Si](C)(C)C. The highest BCUT2D eigenvalue weighted by Gasteiger charge is 2.24. The van der Waals surface area contributed by atoms with Gasteiger partial charge in [0.15, 0.2) is 0 Å². The van der Waals surface area contributed by atoms with Crippen LogP contribution < -0.4 is 5.73 Å². The smallest absolute Gasteiger partial charge is 0.295 e. The van der Waals surface area contributed by atoms with Gasteiger partial charge in [-0.2, -0.15) is 0 Å². The molecule has 0 spiro atoms. The van der Waals surface area contributed by atoms with Gasteiger partial charge < -0.3 is 10.2 Å². The van der Waals surface area contributed by atoms with Gasteiger partial charge in [-0.3, -0.25) is 4.79 Å². The molecule has 0 aliphatic heterocycles. The Morgan fingerprint density at radius 1 is 1.46 bits per heavy atom. The summed E-state index contributed by atoms with van der Waals surface area (Å²) in [4.78, 5) is 11.5. The topological polar surface area (TPSA) is 52.3 Å². The zero-order valence-corrected chi connectivity index (χ0v) is 10.1. The van der Waals surface area contributed by atoms with Crippen molar-refractivity contribution in [2.45, 2.75) is 39.4 Å². The maximum atomic E-state index is 11.5. The molecular formula is C9H21NO2Si. The molecule has 13 heavy (non-hydrogen) atoms. The zero-order chi connectivity index (χ0) is 10.5. The molecule has 2 N–H and O–H groups in total. The van der Waals surface area contributed by atoms with Crippen LogP contribution >= 0.6 is 0 Å². The molecule has 0 saturated carbocycles. The van der Waals surface area contributed by atoms with Crippen LogP contribution in [-0.4, -0.2) is 20.8 Å². The van der Waals surface area contributed by atoms with E-state index >= 15 is 0 Å². The quantitative estimate of drug-likeness (QED) is 0.692. The molecular weight excluding hydrogens is 182 g/mol. The first kappa shape index (κ1) is 12.6. The number of nitrogens with two attached hydrogens (primary N) is 1. The fourth-order valence-corrected chi connectivity index (χ4v) is 1.85. The largest absolute Gasteiger partial charge is 0.520 e. The van der Waals surface area contributed by atoms with Crippen molar-refractivity contribution in [2.24, 2.45) is 11.7 Å². The summed E-state index contributed by atoms with van der Waals surface area (Å²) in [6, 6.07) is 0. The normalized spacial score (nSPS) is 13.9. The van der Waals surface area contributed by atoms with E-state index in [0.29, 0.717) is 6.54 Å². The number of carbonyl (C=O) groups excluding carboxylic acids is 1. The third kappa shape index (κ3) is 5.82. The Hall–Kier alpha value is -0.353. The predicted octanol–water partition coefficient (Wildman–Crippen LogP) is 1.74. The molecule has 0 amide bonds. The average Bonchev–Trinajstić information content (AvgIpc) is 1.96. The molecule has 0 aromatic heterocycles. The van der Waals surface area contributed by atoms with Crippen LogP contribution in [0.5, 0.6) is 0 Å². The van der Waals surface area contributed by atoms with Crippen molar-refractivity contribution < 1.29 is 9.22 Å². The van der Waals surface area contributed by atoms with E-state index in [2.05, 4.69) is 0 Å². The lowest BCUT2D eigenvalue weighted by Crippen LogP contribution is -2.33. The van der Waals surface area contributed by atoms with E-state index in [1.165, 1.54) is 0 Å². The predicted molar refractivity (Wildman–Crippen MR) is 56.9 cm³/mol. The maximum Gasteiger partial charge on any atom is 0.295 e. The number of rotatable bonds is 5. The summed E-state index contributed by atoms with van der Waals surface area (Å²) in [6.07, 6.45) is 1.56. The van der Waals surface area contributed by atoms with Crippen LogP contribution in [0.3, 0.4) is 0 Å². The Labute approximate surface area is 81.8 Å². The van der Waals surface area contributed by atoms with Gasteiger partial charge in [0.2, 0.25) is 8.32 Å². The molecule has 1 unspecified atom stereocenters. The minimum atomic E-state index is -1.72. The van der Waals surface area contributed by atoms with E-state index in [1.54, 1.807) is 0 Å². The lowest BCUT2D eigenvalue weighted by atomic mass is 10.0. The average molecular weight is 203 g/mol. The maximum absolute atomic E-state index is 11.5. The lowest BCUT2D eigenvalue weighted by molar-refractivity contribution is -0.139. The minimum Gasteiger partial charge on any atom is -0.520 e. The molecule has 0 aromatic carbocycles. The Bertz CT molecular complexity index is 165. The number of hydrogen-bond acceptors (Lipinski definition) is 3. The van der Waals surface area contributed by atoms with Crippen molar-refractivity contribution in [1.82, 2.24) is 0 Å². The molecule has 1 atom stereocenters. The van der Waals surface area contributed by atoms with Gasteiger partial charge in [-0.05, 0) is 39.0 Å². The molecule has 3 nitrogen and oxygen atoms in total. The zero-order valence-electron chi connectivity index (χ0n) is 9.09. The van der Waals surface area contributed by atoms with Gasteiger partial charge in [0.25, 0.3) is 5.97 Å². The second kappa shape index (κ2) is 5.39. The van der Waals surface area contributed by atoms with Crippen molar-refractivity contribution in [3.8, 4) is 0 Å². The monoisotopic (exact) mass is 203 g/mol. The van der Waals surface area contributed by atoms with Crippen LogP contribution in [0.2, 0.25) is 19.6 Å². The third-order valence-electron chi connectivity index (χ3n) is 1.75. The molecule has 0 saturated heterocycles. The first-order chi connectivity index (χ1) is 5.90. The van der Waals surface area contributed by atoms with Crippen molar-refractivity contribution >= 4 is 14.3 Å². The highest BCUT2D eigenvalue weighted by atomic mass is 28.4. The standard InChI is InChI=1S/C9H21NO2Si/c1-5-8(6-7-10)9(11)12-13(2,3)4/h8H,5-7,10H2,1-4H3. The van der Waals surface area contributed by atoms with Crippen LogP contribution in [0, 0.1) is 5.92 Å². The molecule has 0 bridgehead atoms. The fraction of sp³-hybridized carbons (Fsp3) is 0.889. The summed E-state index contributed by atoms with van der Waals surface area (Å²) >= 11 is 0. The molecule has 4 heteroatoms. The Balaban J connectivity index is 4.06. The van der Waals surface area contributed by atoms with Crippen LogP contribution in [0.4, 0.5) is 0 Å². The molecule has 0 rings (SSSR count). The Morgan fingerprint density at radius 2 is 2.00 bits per heavy atom. The minimum absolute atomic E-state index is 0.00303. The second-order valence-corrected chi connectivity index (χ2v) is 8.64. The van der Waals surface area contributed by atoms with Crippen LogP contribution in [-0.2, 0) is 9.22 Å². The summed E-state index contributed by atoms with van der Waals surface area (Å²) < 4.78 is 5.39. The molecule has 0 aliphatic rings. The van der Waals surface area contributed by atoms with Crippen molar-refractivity contribution in [3.63, 3.8) is 0 Å². The molecule has 0 heterocycles. The summed E-state index contributed by atoms with van der Waals surface area (Å²) in [5.74, 6) is -0.0659. The first-order valence-corrected chi connectivity index (χ1v) is 8.24. The van der Waals surface area contributed by atoms with Gasteiger partial charge in [-0.15, -0.1) is 0 Å². The summed E-state index contributed by atoms with van der Waals surface area (Å²) in [5.41, 5.74) is 5.41. The Kier molecular flexibility index (Phi) is 5.25. The van der Waals surface area contributed by atoms with E-state index in [9.17, 15) is 4.79 Å². The summed E-state index contributed by atoms with van der Waals surface area (Å²) in [6.45, 7) is 8.59. The van der Waals surface area contributed by atoms with Gasteiger partial charge in [0.05, 0.1) is 5.92 Å². The van der Waals surface area contributed by atoms with E-state index in [-0.39, 0.29) is 11.9 Å². The van der Waals surface area contributed by atoms with Gasteiger partial charge in [0, 0.05) is 0 Å². The molecule has 0 aliphatic carbocycles. The third-order valence-corrected chi connectivity index (χ3v) is 2.56. The summed E-state index contributed by atoms with van der Waals surface area (Å²) in [7, 11) is -1.72. The highest BCUT2D eigenvalue weighted by molar-refractivity contribution is 6.71. The summed E-state index contributed by atoms with van der Waals surface area (Å²) in [5, 5.41) is 0. The van der Waals surface area contributed by atoms with Gasteiger partial charge in [-0.1, -0.05) is 6.92 Å². The van der Waals surface area contributed by atoms with E-state index in [4.69, 9.17) is 10.2 Å². The second-order valence-electron chi connectivity index (χ2n) is 4.22. The van der Waals surface area contributed by atoms with Gasteiger partial charge in [-0.25, -0.2) is 0 Å². The van der Waals surface area contributed by atoms with Crippen molar-refractivity contribution in [3.05, 3.63) is 0 Å². The van der Waals surface area contributed by atoms with Crippen molar-refractivity contribution in [1.29, 1.82) is 0 Å². The molecule has 0 radical (unpaired) electrons. The highest BCUT2D eigenvalue weighted by Crippen LogP contribution is 2.13. The van der Waals surface area contributed by atoms with E-state index < -0.39 is 8.32 Å². The van der Waals surface area contributed by atoms with E-state index in [0.717, 1.165) is 12.8 Å². The molecule has 0 aromatic rings. The fourth-order valence-electron chi connectivity index (χ4n) is 1.07. The molecule has 78 valence electrons. The van der Waals surface area contributed by atoms with Crippen LogP contribution in [0.15, 0.2) is 0 Å². The van der Waals surface area contributed by atoms with Crippen molar-refractivity contribution in [2.75, 3.05) is 6.54 Å². The van der Waals surface area contributed by atoms with Gasteiger partial charge >= 0.3 is 0 Å². The van der Waals surface area contributed by atoms with Crippen LogP contribution in [0.1, 0.15) is 19.8 Å². The first-order valence-electron chi connectivity index (χ1n) is 4.83. The number of hydrogen-bond donors (Lipinski definition) is 1.